The van der Waals surface area contributed by atoms with E-state index in [0.717, 1.165) is 37.6 Å². The minimum absolute atomic E-state index is 0.0169. The molecular formula is C29H32F4N6O5. The van der Waals surface area contributed by atoms with Crippen molar-refractivity contribution < 1.29 is 41.4 Å². The van der Waals surface area contributed by atoms with E-state index >= 15 is 0 Å². The fourth-order valence-corrected chi connectivity index (χ4v) is 4.61. The van der Waals surface area contributed by atoms with Gasteiger partial charge >= 0.3 is 6.18 Å². The summed E-state index contributed by atoms with van der Waals surface area (Å²) in [6, 6.07) is 5.32. The van der Waals surface area contributed by atoms with Crippen LogP contribution in [-0.2, 0) is 10.9 Å². The van der Waals surface area contributed by atoms with Crippen LogP contribution in [-0.4, -0.2) is 73.2 Å². The highest BCUT2D eigenvalue weighted by Crippen LogP contribution is 2.33. The molecule has 0 saturated carbocycles. The van der Waals surface area contributed by atoms with E-state index in [-0.39, 0.29) is 39.9 Å². The van der Waals surface area contributed by atoms with Crippen LogP contribution in [0.2, 0.25) is 0 Å². The number of piperidine rings is 1. The zero-order valence-electron chi connectivity index (χ0n) is 24.0. The van der Waals surface area contributed by atoms with Gasteiger partial charge < -0.3 is 30.6 Å². The smallest absolute Gasteiger partial charge is 0.419 e. The van der Waals surface area contributed by atoms with Crippen LogP contribution >= 0.6 is 0 Å². The molecule has 2 saturated heterocycles. The van der Waals surface area contributed by atoms with Gasteiger partial charge in [0.25, 0.3) is 11.8 Å². The lowest BCUT2D eigenvalue weighted by Crippen LogP contribution is -2.50. The SMILES string of the molecule is C1CCN(C2COC2)CC1.COc1cc(C(=O)Nc2ccc(F)c(C(F)(F)F)c2)c(NC(=O)c2c(OC)ccnc2N)cn1. The molecule has 11 nitrogen and oxygen atoms in total. The van der Waals surface area contributed by atoms with Crippen molar-refractivity contribution in [2.24, 2.45) is 0 Å². The molecule has 1 aromatic carbocycles. The lowest BCUT2D eigenvalue weighted by Gasteiger charge is -2.39. The Morgan fingerprint density at radius 1 is 1.00 bits per heavy atom. The van der Waals surface area contributed by atoms with Gasteiger partial charge in [-0.3, -0.25) is 14.5 Å². The number of rotatable bonds is 7. The minimum atomic E-state index is -4.97. The van der Waals surface area contributed by atoms with Crippen molar-refractivity contribution in [1.29, 1.82) is 0 Å². The molecule has 0 spiro atoms. The number of ether oxygens (including phenoxy) is 3. The quantitative estimate of drug-likeness (QED) is 0.323. The Hall–Kier alpha value is -4.50. The Labute approximate surface area is 250 Å². The average molecular weight is 621 g/mol. The molecule has 3 aromatic rings. The summed E-state index contributed by atoms with van der Waals surface area (Å²) >= 11 is 0. The number of nitrogens with two attached hydrogens (primary N) is 1. The van der Waals surface area contributed by atoms with Gasteiger partial charge in [0.2, 0.25) is 5.88 Å². The summed E-state index contributed by atoms with van der Waals surface area (Å²) in [5.74, 6) is -3.26. The van der Waals surface area contributed by atoms with E-state index in [9.17, 15) is 27.2 Å². The number of nitrogen functional groups attached to an aromatic ring is 1. The number of aromatic nitrogens is 2. The van der Waals surface area contributed by atoms with Gasteiger partial charge in [0.1, 0.15) is 22.9 Å². The van der Waals surface area contributed by atoms with Crippen molar-refractivity contribution in [2.75, 3.05) is 56.9 Å². The number of methoxy groups -OCH3 is 2. The van der Waals surface area contributed by atoms with Gasteiger partial charge in [-0.25, -0.2) is 14.4 Å². The van der Waals surface area contributed by atoms with E-state index in [4.69, 9.17) is 19.9 Å². The number of anilines is 3. The predicted molar refractivity (Wildman–Crippen MR) is 153 cm³/mol. The van der Waals surface area contributed by atoms with E-state index in [1.54, 1.807) is 0 Å². The fraction of sp³-hybridized carbons (Fsp3) is 0.379. The van der Waals surface area contributed by atoms with E-state index in [1.807, 2.05) is 0 Å². The number of halogens is 4. The van der Waals surface area contributed by atoms with Crippen LogP contribution < -0.4 is 25.8 Å². The first kappa shape index (κ1) is 32.4. The molecule has 236 valence electrons. The standard InChI is InChI=1S/C21H17F4N5O4.C8H15NO/c1-33-15-5-6-27-18(26)17(15)20(32)30-14-9-28-16(34-2)8-11(14)19(31)29-10-3-4-13(22)12(7-10)21(23,24)25;1-2-4-9(5-3-1)8-6-10-7-8/h3-9H,1-2H3,(H2,26,27)(H,29,31)(H,30,32);8H,1-7H2. The number of nitrogens with zero attached hydrogens (tertiary/aromatic N) is 3. The highest BCUT2D eigenvalue weighted by atomic mass is 19.4. The Kier molecular flexibility index (Phi) is 10.5. The summed E-state index contributed by atoms with van der Waals surface area (Å²) in [7, 11) is 2.59. The van der Waals surface area contributed by atoms with Crippen LogP contribution in [0, 0.1) is 5.82 Å². The number of alkyl halides is 3. The van der Waals surface area contributed by atoms with Crippen LogP contribution in [0.25, 0.3) is 0 Å². The molecule has 2 amide bonds. The number of nitrogens with one attached hydrogen (secondary N) is 2. The first-order valence-corrected chi connectivity index (χ1v) is 13.7. The van der Waals surface area contributed by atoms with Gasteiger partial charge in [-0.1, -0.05) is 6.42 Å². The normalized spacial score (nSPS) is 15.3. The van der Waals surface area contributed by atoms with Gasteiger partial charge in [-0.05, 0) is 50.2 Å². The van der Waals surface area contributed by atoms with Crippen molar-refractivity contribution in [2.45, 2.75) is 31.5 Å². The maximum atomic E-state index is 13.6. The van der Waals surface area contributed by atoms with Crippen molar-refractivity contribution in [3.63, 3.8) is 0 Å². The molecule has 4 N–H and O–H groups in total. The molecule has 2 aliphatic rings. The van der Waals surface area contributed by atoms with Gasteiger partial charge in [-0.15, -0.1) is 0 Å². The Morgan fingerprint density at radius 2 is 1.73 bits per heavy atom. The largest absolute Gasteiger partial charge is 0.496 e. The minimum Gasteiger partial charge on any atom is -0.496 e. The molecule has 0 radical (unpaired) electrons. The van der Waals surface area contributed by atoms with E-state index in [0.29, 0.717) is 12.1 Å². The second-order valence-electron chi connectivity index (χ2n) is 9.93. The van der Waals surface area contributed by atoms with Gasteiger partial charge in [0.05, 0.1) is 56.5 Å². The summed E-state index contributed by atoms with van der Waals surface area (Å²) in [6.07, 6.45) is 1.71. The number of carbonyl (C=O) groups excluding carboxylic acids is 2. The van der Waals surface area contributed by atoms with Crippen LogP contribution in [0.4, 0.5) is 34.8 Å². The number of carbonyl (C=O) groups is 2. The number of hydrogen-bond acceptors (Lipinski definition) is 9. The summed E-state index contributed by atoms with van der Waals surface area (Å²) in [5, 5.41) is 4.68. The second-order valence-corrected chi connectivity index (χ2v) is 9.93. The highest BCUT2D eigenvalue weighted by molar-refractivity contribution is 6.14. The van der Waals surface area contributed by atoms with Crippen molar-refractivity contribution in [3.05, 3.63) is 65.2 Å². The molecule has 2 aromatic heterocycles. The Morgan fingerprint density at radius 3 is 2.34 bits per heavy atom. The summed E-state index contributed by atoms with van der Waals surface area (Å²) in [6.45, 7) is 4.60. The molecule has 2 fully saturated rings. The monoisotopic (exact) mass is 620 g/mol. The lowest BCUT2D eigenvalue weighted by molar-refractivity contribution is -0.139. The molecule has 2 aliphatic heterocycles. The van der Waals surface area contributed by atoms with Gasteiger partial charge in [0, 0.05) is 18.0 Å². The van der Waals surface area contributed by atoms with Crippen LogP contribution in [0.5, 0.6) is 11.6 Å². The van der Waals surface area contributed by atoms with Crippen LogP contribution in [0.3, 0.4) is 0 Å². The molecule has 0 atom stereocenters. The van der Waals surface area contributed by atoms with Gasteiger partial charge in [0.15, 0.2) is 0 Å². The third kappa shape index (κ3) is 7.90. The molecule has 0 aliphatic carbocycles. The Bertz CT molecular complexity index is 1480. The molecule has 44 heavy (non-hydrogen) atoms. The predicted octanol–water partition coefficient (Wildman–Crippen LogP) is 4.61. The molecule has 5 rings (SSSR count). The van der Waals surface area contributed by atoms with Crippen molar-refractivity contribution in [3.8, 4) is 11.6 Å². The summed E-state index contributed by atoms with van der Waals surface area (Å²) in [5.41, 5.74) is 3.45. The Balaban J connectivity index is 0.000000369. The molecule has 0 unspecified atom stereocenters. The number of pyridine rings is 2. The topological polar surface area (TPSA) is 141 Å². The number of amides is 2. The van der Waals surface area contributed by atoms with Gasteiger partial charge in [-0.2, -0.15) is 13.2 Å². The fourth-order valence-electron chi connectivity index (χ4n) is 4.61. The number of likely N-dealkylation sites (tertiary alicyclic amines) is 1. The van der Waals surface area contributed by atoms with Crippen LogP contribution in [0.15, 0.2) is 42.7 Å². The third-order valence-corrected chi connectivity index (χ3v) is 7.03. The molecule has 4 heterocycles. The van der Waals surface area contributed by atoms with E-state index < -0.39 is 29.4 Å². The maximum absolute atomic E-state index is 13.6. The van der Waals surface area contributed by atoms with E-state index in [1.165, 1.54) is 58.8 Å². The second kappa shape index (κ2) is 14.3. The number of hydrogen-bond donors (Lipinski definition) is 3. The third-order valence-electron chi connectivity index (χ3n) is 7.03. The lowest BCUT2D eigenvalue weighted by atomic mass is 10.1. The summed E-state index contributed by atoms with van der Waals surface area (Å²) in [4.78, 5) is 36.0. The molecule has 15 heteroatoms. The zero-order valence-corrected chi connectivity index (χ0v) is 24.0. The number of benzene rings is 1. The average Bonchev–Trinajstić information content (AvgIpc) is 2.97. The van der Waals surface area contributed by atoms with Crippen LogP contribution in [0.1, 0.15) is 45.5 Å². The first-order valence-electron chi connectivity index (χ1n) is 13.7. The van der Waals surface area contributed by atoms with Crippen molar-refractivity contribution >= 4 is 29.0 Å². The van der Waals surface area contributed by atoms with E-state index in [2.05, 4.69) is 25.5 Å². The summed E-state index contributed by atoms with van der Waals surface area (Å²) < 4.78 is 67.8. The van der Waals surface area contributed by atoms with Crippen molar-refractivity contribution in [1.82, 2.24) is 14.9 Å². The molecule has 0 bridgehead atoms. The first-order chi connectivity index (χ1) is 21.0. The highest BCUT2D eigenvalue weighted by Gasteiger charge is 2.34. The molecular weight excluding hydrogens is 588 g/mol. The zero-order chi connectivity index (χ0) is 31.9. The maximum Gasteiger partial charge on any atom is 0.419 e.